The van der Waals surface area contributed by atoms with E-state index in [9.17, 15) is 18.4 Å². The van der Waals surface area contributed by atoms with Crippen LogP contribution >= 0.6 is 0 Å². The maximum atomic E-state index is 13.7. The van der Waals surface area contributed by atoms with Gasteiger partial charge >= 0.3 is 0 Å². The molecule has 0 atom stereocenters. The smallest absolute Gasteiger partial charge is 0.227 e. The SMILES string of the molecule is NC(=O)CCN(C(=O)CCc1c(F)cccc1F)c1ccccc1. The Balaban J connectivity index is 2.11. The van der Waals surface area contributed by atoms with Gasteiger partial charge in [0.25, 0.3) is 0 Å². The van der Waals surface area contributed by atoms with Gasteiger partial charge in [-0.15, -0.1) is 0 Å². The lowest BCUT2D eigenvalue weighted by Crippen LogP contribution is -2.34. The molecule has 0 spiro atoms. The van der Waals surface area contributed by atoms with E-state index in [-0.39, 0.29) is 37.3 Å². The molecule has 0 aliphatic carbocycles. The summed E-state index contributed by atoms with van der Waals surface area (Å²) in [6, 6.07) is 12.4. The van der Waals surface area contributed by atoms with Crippen LogP contribution in [-0.4, -0.2) is 18.4 Å². The standard InChI is InChI=1S/C18H18F2N2O2/c19-15-7-4-8-16(20)14(15)9-10-18(24)22(12-11-17(21)23)13-5-2-1-3-6-13/h1-8H,9-12H2,(H2,21,23). The molecule has 4 nitrogen and oxygen atoms in total. The minimum Gasteiger partial charge on any atom is -0.370 e. The minimum absolute atomic E-state index is 0.00862. The first kappa shape index (κ1) is 17.6. The molecule has 6 heteroatoms. The molecular formula is C18H18F2N2O2. The van der Waals surface area contributed by atoms with E-state index in [4.69, 9.17) is 5.73 Å². The highest BCUT2D eigenvalue weighted by atomic mass is 19.1. The molecular weight excluding hydrogens is 314 g/mol. The Labute approximate surface area is 138 Å². The van der Waals surface area contributed by atoms with Gasteiger partial charge in [-0.05, 0) is 30.7 Å². The zero-order chi connectivity index (χ0) is 17.5. The fourth-order valence-corrected chi connectivity index (χ4v) is 2.37. The molecule has 2 amide bonds. The Bertz CT molecular complexity index is 700. The summed E-state index contributed by atoms with van der Waals surface area (Å²) in [6.45, 7) is 0.123. The van der Waals surface area contributed by atoms with Crippen LogP contribution in [-0.2, 0) is 16.0 Å². The summed E-state index contributed by atoms with van der Waals surface area (Å²) >= 11 is 0. The lowest BCUT2D eigenvalue weighted by atomic mass is 10.1. The fourth-order valence-electron chi connectivity index (χ4n) is 2.37. The third kappa shape index (κ3) is 4.62. The van der Waals surface area contributed by atoms with Crippen molar-refractivity contribution in [2.24, 2.45) is 5.73 Å². The minimum atomic E-state index is -0.675. The van der Waals surface area contributed by atoms with Crippen molar-refractivity contribution < 1.29 is 18.4 Å². The number of carbonyl (C=O) groups excluding carboxylic acids is 2. The van der Waals surface area contributed by atoms with Gasteiger partial charge in [0.05, 0.1) is 0 Å². The van der Waals surface area contributed by atoms with Crippen LogP contribution in [0.4, 0.5) is 14.5 Å². The van der Waals surface area contributed by atoms with Gasteiger partial charge in [0.15, 0.2) is 0 Å². The molecule has 0 aliphatic heterocycles. The maximum Gasteiger partial charge on any atom is 0.227 e. The first-order chi connectivity index (χ1) is 11.5. The highest BCUT2D eigenvalue weighted by Gasteiger charge is 2.18. The summed E-state index contributed by atoms with van der Waals surface area (Å²) in [5, 5.41) is 0. The predicted molar refractivity (Wildman–Crippen MR) is 87.3 cm³/mol. The van der Waals surface area contributed by atoms with Gasteiger partial charge in [0.1, 0.15) is 11.6 Å². The monoisotopic (exact) mass is 332 g/mol. The summed E-state index contributed by atoms with van der Waals surface area (Å²) in [5.41, 5.74) is 5.64. The zero-order valence-electron chi connectivity index (χ0n) is 13.0. The van der Waals surface area contributed by atoms with Crippen LogP contribution in [0.25, 0.3) is 0 Å². The number of hydrogen-bond donors (Lipinski definition) is 1. The van der Waals surface area contributed by atoms with Gasteiger partial charge in [-0.2, -0.15) is 0 Å². The highest BCUT2D eigenvalue weighted by Crippen LogP contribution is 2.18. The second-order valence-electron chi connectivity index (χ2n) is 5.30. The van der Waals surface area contributed by atoms with Gasteiger partial charge in [-0.25, -0.2) is 8.78 Å². The lowest BCUT2D eigenvalue weighted by molar-refractivity contribution is -0.119. The second-order valence-corrected chi connectivity index (χ2v) is 5.30. The van der Waals surface area contributed by atoms with E-state index in [0.717, 1.165) is 12.1 Å². The molecule has 0 unspecified atom stereocenters. The van der Waals surface area contributed by atoms with E-state index < -0.39 is 17.5 Å². The third-order valence-electron chi connectivity index (χ3n) is 3.60. The van der Waals surface area contributed by atoms with E-state index in [1.165, 1.54) is 11.0 Å². The van der Waals surface area contributed by atoms with Crippen molar-refractivity contribution in [3.05, 3.63) is 65.7 Å². The van der Waals surface area contributed by atoms with Crippen molar-refractivity contribution >= 4 is 17.5 Å². The number of halogens is 2. The van der Waals surface area contributed by atoms with E-state index in [1.807, 2.05) is 0 Å². The number of carbonyl (C=O) groups is 2. The van der Waals surface area contributed by atoms with Gasteiger partial charge in [0, 0.05) is 30.6 Å². The molecule has 0 aromatic heterocycles. The maximum absolute atomic E-state index is 13.7. The molecule has 0 radical (unpaired) electrons. The quantitative estimate of drug-likeness (QED) is 0.847. The van der Waals surface area contributed by atoms with Crippen molar-refractivity contribution in [1.29, 1.82) is 0 Å². The van der Waals surface area contributed by atoms with Gasteiger partial charge < -0.3 is 10.6 Å². The summed E-state index contributed by atoms with van der Waals surface area (Å²) in [7, 11) is 0. The van der Waals surface area contributed by atoms with Gasteiger partial charge in [0.2, 0.25) is 11.8 Å². The Kier molecular flexibility index (Phi) is 6.01. The van der Waals surface area contributed by atoms with E-state index in [2.05, 4.69) is 0 Å². The number of amides is 2. The van der Waals surface area contributed by atoms with Crippen LogP contribution in [0.5, 0.6) is 0 Å². The Morgan fingerprint density at radius 2 is 1.54 bits per heavy atom. The lowest BCUT2D eigenvalue weighted by Gasteiger charge is -2.22. The molecule has 0 fully saturated rings. The van der Waals surface area contributed by atoms with Crippen LogP contribution in [0.1, 0.15) is 18.4 Å². The van der Waals surface area contributed by atoms with Crippen molar-refractivity contribution in [2.75, 3.05) is 11.4 Å². The van der Waals surface area contributed by atoms with Crippen LogP contribution < -0.4 is 10.6 Å². The topological polar surface area (TPSA) is 63.4 Å². The van der Waals surface area contributed by atoms with E-state index >= 15 is 0 Å². The molecule has 126 valence electrons. The molecule has 0 aliphatic rings. The summed E-state index contributed by atoms with van der Waals surface area (Å²) in [6.07, 6.45) is -0.128. The number of primary amides is 1. The third-order valence-corrected chi connectivity index (χ3v) is 3.60. The van der Waals surface area contributed by atoms with Crippen LogP contribution in [0, 0.1) is 11.6 Å². The number of rotatable bonds is 7. The molecule has 0 heterocycles. The number of nitrogens with two attached hydrogens (primary N) is 1. The summed E-state index contributed by atoms with van der Waals surface area (Å²) in [5.74, 6) is -2.20. The van der Waals surface area contributed by atoms with E-state index in [1.54, 1.807) is 30.3 Å². The molecule has 2 rings (SSSR count). The van der Waals surface area contributed by atoms with E-state index in [0.29, 0.717) is 5.69 Å². The molecule has 2 aromatic rings. The largest absolute Gasteiger partial charge is 0.370 e. The summed E-state index contributed by atoms with van der Waals surface area (Å²) < 4.78 is 27.3. The van der Waals surface area contributed by atoms with Crippen molar-refractivity contribution in [1.82, 2.24) is 0 Å². The first-order valence-corrected chi connectivity index (χ1v) is 7.55. The highest BCUT2D eigenvalue weighted by molar-refractivity contribution is 5.94. The fraction of sp³-hybridized carbons (Fsp3) is 0.222. The first-order valence-electron chi connectivity index (χ1n) is 7.55. The Hall–Kier alpha value is -2.76. The van der Waals surface area contributed by atoms with Crippen molar-refractivity contribution in [2.45, 2.75) is 19.3 Å². The van der Waals surface area contributed by atoms with Gasteiger partial charge in [-0.3, -0.25) is 9.59 Å². The second kappa shape index (κ2) is 8.19. The Morgan fingerprint density at radius 3 is 2.12 bits per heavy atom. The van der Waals surface area contributed by atoms with Crippen molar-refractivity contribution in [3.8, 4) is 0 Å². The average Bonchev–Trinajstić information content (AvgIpc) is 2.55. The normalized spacial score (nSPS) is 10.4. The number of para-hydroxylation sites is 1. The van der Waals surface area contributed by atoms with Crippen LogP contribution in [0.3, 0.4) is 0 Å². The molecule has 0 saturated carbocycles. The molecule has 2 aromatic carbocycles. The number of benzene rings is 2. The number of anilines is 1. The molecule has 24 heavy (non-hydrogen) atoms. The Morgan fingerprint density at radius 1 is 0.917 bits per heavy atom. The zero-order valence-corrected chi connectivity index (χ0v) is 13.0. The van der Waals surface area contributed by atoms with Gasteiger partial charge in [-0.1, -0.05) is 24.3 Å². The van der Waals surface area contributed by atoms with Crippen LogP contribution in [0.2, 0.25) is 0 Å². The average molecular weight is 332 g/mol. The molecule has 0 bridgehead atoms. The predicted octanol–water partition coefficient (Wildman–Crippen LogP) is 2.81. The molecule has 0 saturated heterocycles. The number of hydrogen-bond acceptors (Lipinski definition) is 2. The van der Waals surface area contributed by atoms with Crippen molar-refractivity contribution in [3.63, 3.8) is 0 Å². The molecule has 2 N–H and O–H groups in total. The number of nitrogens with zero attached hydrogens (tertiary/aromatic N) is 1. The summed E-state index contributed by atoms with van der Waals surface area (Å²) in [4.78, 5) is 24.9. The van der Waals surface area contributed by atoms with Crippen LogP contribution in [0.15, 0.2) is 48.5 Å².